The van der Waals surface area contributed by atoms with Gasteiger partial charge in [-0.1, -0.05) is 28.4 Å². The smallest absolute Gasteiger partial charge is 0.303 e. The van der Waals surface area contributed by atoms with Crippen LogP contribution >= 0.6 is 23.2 Å². The molecular formula is C13H12Cl2N2O3. The molecule has 0 spiro atoms. The average Bonchev–Trinajstić information content (AvgIpc) is 2.82. The number of hydrogen-bond donors (Lipinski definition) is 1. The molecule has 2 rings (SSSR count). The van der Waals surface area contributed by atoms with Crippen molar-refractivity contribution in [2.75, 3.05) is 0 Å². The van der Waals surface area contributed by atoms with Gasteiger partial charge in [-0.15, -0.1) is 0 Å². The van der Waals surface area contributed by atoms with E-state index in [1.165, 1.54) is 0 Å². The molecule has 7 heteroatoms. The fourth-order valence-electron chi connectivity index (χ4n) is 1.71. The third kappa shape index (κ3) is 4.21. The number of nitrogens with zero attached hydrogens (tertiary/aromatic N) is 2. The Bertz CT molecular complexity index is 593. The third-order valence-electron chi connectivity index (χ3n) is 2.62. The van der Waals surface area contributed by atoms with Gasteiger partial charge in [-0.05, 0) is 31.0 Å². The number of rotatable bonds is 6. The summed E-state index contributed by atoms with van der Waals surface area (Å²) in [5.74, 6) is 0.0916. The number of aryl methyl sites for hydroxylation is 1. The zero-order valence-corrected chi connectivity index (χ0v) is 12.0. The molecule has 20 heavy (non-hydrogen) atoms. The number of aliphatic carboxylic acids is 1. The van der Waals surface area contributed by atoms with E-state index in [2.05, 4.69) is 10.1 Å². The van der Waals surface area contributed by atoms with E-state index in [1.54, 1.807) is 18.2 Å². The molecule has 0 saturated heterocycles. The van der Waals surface area contributed by atoms with E-state index in [9.17, 15) is 4.79 Å². The summed E-state index contributed by atoms with van der Waals surface area (Å²) in [4.78, 5) is 14.6. The van der Waals surface area contributed by atoms with Gasteiger partial charge in [0, 0.05) is 28.5 Å². The van der Waals surface area contributed by atoms with Crippen molar-refractivity contribution in [2.24, 2.45) is 0 Å². The highest BCUT2D eigenvalue weighted by Gasteiger charge is 2.10. The monoisotopic (exact) mass is 314 g/mol. The van der Waals surface area contributed by atoms with Crippen molar-refractivity contribution >= 4 is 29.2 Å². The van der Waals surface area contributed by atoms with Gasteiger partial charge < -0.3 is 9.63 Å². The normalized spacial score (nSPS) is 10.7. The molecule has 0 atom stereocenters. The quantitative estimate of drug-likeness (QED) is 0.820. The van der Waals surface area contributed by atoms with Crippen LogP contribution in [0.2, 0.25) is 10.0 Å². The van der Waals surface area contributed by atoms with Crippen LogP contribution in [0.1, 0.15) is 25.2 Å². The number of carbonyl (C=O) groups is 1. The Labute approximate surface area is 125 Å². The van der Waals surface area contributed by atoms with Crippen LogP contribution in [0.3, 0.4) is 0 Å². The molecule has 0 amide bonds. The van der Waals surface area contributed by atoms with Crippen molar-refractivity contribution in [1.29, 1.82) is 0 Å². The molecule has 0 fully saturated rings. The van der Waals surface area contributed by atoms with Crippen molar-refractivity contribution < 1.29 is 14.4 Å². The first-order valence-electron chi connectivity index (χ1n) is 6.05. The first-order chi connectivity index (χ1) is 9.54. The van der Waals surface area contributed by atoms with E-state index in [1.807, 2.05) is 0 Å². The highest BCUT2D eigenvalue weighted by atomic mass is 35.5. The molecule has 1 aromatic heterocycles. The lowest BCUT2D eigenvalue weighted by molar-refractivity contribution is -0.137. The van der Waals surface area contributed by atoms with Gasteiger partial charge in [0.1, 0.15) is 0 Å². The summed E-state index contributed by atoms with van der Waals surface area (Å²) in [5, 5.41) is 13.4. The van der Waals surface area contributed by atoms with Gasteiger partial charge in [0.05, 0.1) is 0 Å². The molecule has 0 unspecified atom stereocenters. The Morgan fingerprint density at radius 3 is 2.55 bits per heavy atom. The Kier molecular flexibility index (Phi) is 4.98. The van der Waals surface area contributed by atoms with Crippen LogP contribution in [-0.4, -0.2) is 21.2 Å². The van der Waals surface area contributed by atoms with Crippen molar-refractivity contribution in [2.45, 2.75) is 25.7 Å². The van der Waals surface area contributed by atoms with E-state index in [4.69, 9.17) is 32.8 Å². The standard InChI is InChI=1S/C13H12Cl2N2O3/c14-9-5-8(6-10(15)7-9)13-16-11(20-17-13)3-1-2-4-12(18)19/h5-7H,1-4H2,(H,18,19). The maximum absolute atomic E-state index is 10.4. The molecule has 1 aromatic carbocycles. The number of hydrogen-bond acceptors (Lipinski definition) is 4. The van der Waals surface area contributed by atoms with Crippen LogP contribution in [0.25, 0.3) is 11.4 Å². The molecule has 2 aromatic rings. The molecule has 106 valence electrons. The summed E-state index contributed by atoms with van der Waals surface area (Å²) in [6.07, 6.45) is 1.96. The van der Waals surface area contributed by atoms with Crippen LogP contribution in [-0.2, 0) is 11.2 Å². The molecule has 0 saturated carbocycles. The highest BCUT2D eigenvalue weighted by Crippen LogP contribution is 2.25. The van der Waals surface area contributed by atoms with Gasteiger partial charge in [0.15, 0.2) is 0 Å². The minimum absolute atomic E-state index is 0.144. The summed E-state index contributed by atoms with van der Waals surface area (Å²) in [6.45, 7) is 0. The van der Waals surface area contributed by atoms with Crippen LogP contribution in [0, 0.1) is 0 Å². The number of aromatic nitrogens is 2. The highest BCUT2D eigenvalue weighted by molar-refractivity contribution is 6.35. The van der Waals surface area contributed by atoms with Crippen LogP contribution < -0.4 is 0 Å². The molecule has 0 bridgehead atoms. The average molecular weight is 315 g/mol. The number of benzene rings is 1. The Morgan fingerprint density at radius 2 is 1.90 bits per heavy atom. The summed E-state index contributed by atoms with van der Waals surface area (Å²) in [6, 6.07) is 5.03. The molecule has 0 aliphatic heterocycles. The minimum Gasteiger partial charge on any atom is -0.481 e. The number of halogens is 2. The van der Waals surface area contributed by atoms with Gasteiger partial charge >= 0.3 is 5.97 Å². The van der Waals surface area contributed by atoms with Gasteiger partial charge in [-0.25, -0.2) is 0 Å². The fraction of sp³-hybridized carbons (Fsp3) is 0.308. The largest absolute Gasteiger partial charge is 0.481 e. The summed E-state index contributed by atoms with van der Waals surface area (Å²) in [5.41, 5.74) is 0.683. The summed E-state index contributed by atoms with van der Waals surface area (Å²) < 4.78 is 5.11. The van der Waals surface area contributed by atoms with Crippen molar-refractivity contribution in [1.82, 2.24) is 10.1 Å². The van der Waals surface area contributed by atoms with E-state index in [0.717, 1.165) is 0 Å². The van der Waals surface area contributed by atoms with Crippen molar-refractivity contribution in [3.8, 4) is 11.4 Å². The molecule has 5 nitrogen and oxygen atoms in total. The van der Waals surface area contributed by atoms with E-state index < -0.39 is 5.97 Å². The maximum Gasteiger partial charge on any atom is 0.303 e. The minimum atomic E-state index is -0.801. The zero-order valence-electron chi connectivity index (χ0n) is 10.5. The predicted octanol–water partition coefficient (Wildman–Crippen LogP) is 3.84. The summed E-state index contributed by atoms with van der Waals surface area (Å²) in [7, 11) is 0. The Morgan fingerprint density at radius 1 is 1.20 bits per heavy atom. The first-order valence-corrected chi connectivity index (χ1v) is 6.81. The Balaban J connectivity index is 1.99. The molecule has 1 heterocycles. The van der Waals surface area contributed by atoms with Crippen molar-refractivity contribution in [3.63, 3.8) is 0 Å². The first kappa shape index (κ1) is 14.8. The van der Waals surface area contributed by atoms with Crippen LogP contribution in [0.5, 0.6) is 0 Å². The SMILES string of the molecule is O=C(O)CCCCc1nc(-c2cc(Cl)cc(Cl)c2)no1. The number of carboxylic acid groups (broad SMARTS) is 1. The topological polar surface area (TPSA) is 76.2 Å². The molecule has 0 aliphatic carbocycles. The zero-order chi connectivity index (χ0) is 14.5. The molecular weight excluding hydrogens is 303 g/mol. The number of carboxylic acids is 1. The Hall–Kier alpha value is -1.59. The molecule has 1 N–H and O–H groups in total. The maximum atomic E-state index is 10.4. The van der Waals surface area contributed by atoms with E-state index in [-0.39, 0.29) is 6.42 Å². The second-order valence-corrected chi connectivity index (χ2v) is 5.14. The number of unbranched alkanes of at least 4 members (excludes halogenated alkanes) is 1. The fourth-order valence-corrected chi connectivity index (χ4v) is 2.24. The van der Waals surface area contributed by atoms with Gasteiger partial charge in [-0.2, -0.15) is 4.98 Å². The second-order valence-electron chi connectivity index (χ2n) is 4.27. The summed E-state index contributed by atoms with van der Waals surface area (Å²) >= 11 is 11.8. The molecule has 0 radical (unpaired) electrons. The van der Waals surface area contributed by atoms with Gasteiger partial charge in [0.25, 0.3) is 0 Å². The molecule has 0 aliphatic rings. The lowest BCUT2D eigenvalue weighted by atomic mass is 10.2. The van der Waals surface area contributed by atoms with Gasteiger partial charge in [0.2, 0.25) is 11.7 Å². The second kappa shape index (κ2) is 6.72. The van der Waals surface area contributed by atoms with Crippen LogP contribution in [0.15, 0.2) is 22.7 Å². The lowest BCUT2D eigenvalue weighted by Gasteiger charge is -1.97. The van der Waals surface area contributed by atoms with E-state index >= 15 is 0 Å². The van der Waals surface area contributed by atoms with Gasteiger partial charge in [-0.3, -0.25) is 4.79 Å². The third-order valence-corrected chi connectivity index (χ3v) is 3.06. The van der Waals surface area contributed by atoms with E-state index in [0.29, 0.717) is 46.6 Å². The van der Waals surface area contributed by atoms with Crippen molar-refractivity contribution in [3.05, 3.63) is 34.1 Å². The predicted molar refractivity (Wildman–Crippen MR) is 74.9 cm³/mol. The van der Waals surface area contributed by atoms with Crippen LogP contribution in [0.4, 0.5) is 0 Å². The lowest BCUT2D eigenvalue weighted by Crippen LogP contribution is -1.95.